The molecule has 2 N–H and O–H groups in total. The fraction of sp³-hybridized carbons (Fsp3) is 0.429. The zero-order chi connectivity index (χ0) is 23.1. The number of hydrogen-bond acceptors (Lipinski definition) is 4. The summed E-state index contributed by atoms with van der Waals surface area (Å²) in [6.45, 7) is 6.86. The summed E-state index contributed by atoms with van der Waals surface area (Å²) in [6.07, 6.45) is -0.924. The minimum absolute atomic E-state index is 0.111. The minimum atomic E-state index is -3.28. The van der Waals surface area contributed by atoms with E-state index in [1.54, 1.807) is 0 Å². The lowest BCUT2D eigenvalue weighted by Crippen LogP contribution is -2.39. The molecule has 0 saturated carbocycles. The van der Waals surface area contributed by atoms with E-state index >= 15 is 8.78 Å². The number of rotatable bonds is 2. The predicted octanol–water partition coefficient (Wildman–Crippen LogP) is 3.69. The van der Waals surface area contributed by atoms with Crippen molar-refractivity contribution in [1.29, 1.82) is 5.26 Å². The van der Waals surface area contributed by atoms with Gasteiger partial charge in [-0.05, 0) is 24.6 Å². The molecular weight excluding hydrogens is 425 g/mol. The number of nitriles is 1. The van der Waals surface area contributed by atoms with Crippen molar-refractivity contribution in [2.45, 2.75) is 50.3 Å². The maximum absolute atomic E-state index is 15.0. The number of halogens is 3. The van der Waals surface area contributed by atoms with Gasteiger partial charge in [0.2, 0.25) is 5.69 Å². The molecule has 1 unspecified atom stereocenters. The first-order valence-corrected chi connectivity index (χ1v) is 9.95. The average molecular weight is 444 g/mol. The van der Waals surface area contributed by atoms with Crippen LogP contribution in [0.15, 0.2) is 18.2 Å². The Hall–Kier alpha value is -3.57. The monoisotopic (exact) mass is 444 g/mol. The lowest BCUT2D eigenvalue weighted by atomic mass is 9.93. The summed E-state index contributed by atoms with van der Waals surface area (Å²) in [7, 11) is 0. The van der Waals surface area contributed by atoms with E-state index in [2.05, 4.69) is 15.3 Å². The van der Waals surface area contributed by atoms with Gasteiger partial charge >= 0.3 is 6.03 Å². The number of alkyl halides is 2. The van der Waals surface area contributed by atoms with Gasteiger partial charge in [0.05, 0.1) is 43.4 Å². The third-order valence-corrected chi connectivity index (χ3v) is 5.81. The highest BCUT2D eigenvalue weighted by Gasteiger charge is 2.47. The van der Waals surface area contributed by atoms with Crippen molar-refractivity contribution in [1.82, 2.24) is 14.7 Å². The smallest absolute Gasteiger partial charge is 0.322 e. The van der Waals surface area contributed by atoms with Crippen molar-refractivity contribution in [2.75, 3.05) is 11.9 Å². The third kappa shape index (κ3) is 3.87. The van der Waals surface area contributed by atoms with Crippen LogP contribution in [0, 0.1) is 23.7 Å². The summed E-state index contributed by atoms with van der Waals surface area (Å²) in [5, 5.41) is 26.4. The summed E-state index contributed by atoms with van der Waals surface area (Å²) in [6, 6.07) is 4.85. The molecule has 1 aromatic carbocycles. The molecule has 11 heteroatoms. The van der Waals surface area contributed by atoms with Crippen molar-refractivity contribution in [3.8, 4) is 6.07 Å². The number of urea groups is 1. The molecule has 1 atom stereocenters. The Balaban J connectivity index is 1.59. The lowest BCUT2D eigenvalue weighted by Gasteiger charge is -2.28. The molecule has 166 valence electrons. The summed E-state index contributed by atoms with van der Waals surface area (Å²) >= 11 is 0. The summed E-state index contributed by atoms with van der Waals surface area (Å²) in [5.74, 6) is -3.98. The Morgan fingerprint density at radius 1 is 1.41 bits per heavy atom. The Bertz CT molecular complexity index is 1170. The molecule has 0 bridgehead atoms. The third-order valence-electron chi connectivity index (χ3n) is 5.81. The van der Waals surface area contributed by atoms with Gasteiger partial charge in [-0.3, -0.25) is 4.68 Å². The molecule has 0 saturated heterocycles. The van der Waals surface area contributed by atoms with E-state index in [4.69, 9.17) is 11.8 Å². The number of hydrogen-bond donors (Lipinski definition) is 2. The Kier molecular flexibility index (Phi) is 5.31. The number of anilines is 1. The SMILES string of the molecule is [C-]#[N+]c1cc(NC(=O)N2CCc3nn4c(c3C2)C(F)(F)CCC(O)(CC#N)C4)ccc1F. The Morgan fingerprint density at radius 2 is 2.19 bits per heavy atom. The molecular formula is C21H19F3N6O2. The van der Waals surface area contributed by atoms with Gasteiger partial charge < -0.3 is 15.3 Å². The Labute approximate surface area is 181 Å². The van der Waals surface area contributed by atoms with Gasteiger partial charge in [-0.2, -0.15) is 19.1 Å². The van der Waals surface area contributed by atoms with Gasteiger partial charge in [0.25, 0.3) is 5.92 Å². The van der Waals surface area contributed by atoms with Crippen molar-refractivity contribution >= 4 is 17.4 Å². The van der Waals surface area contributed by atoms with Gasteiger partial charge in [-0.25, -0.2) is 14.0 Å². The van der Waals surface area contributed by atoms with E-state index in [1.807, 2.05) is 6.07 Å². The van der Waals surface area contributed by atoms with Crippen LogP contribution in [-0.4, -0.2) is 38.0 Å². The second-order valence-corrected chi connectivity index (χ2v) is 8.07. The Morgan fingerprint density at radius 3 is 2.91 bits per heavy atom. The summed E-state index contributed by atoms with van der Waals surface area (Å²) < 4.78 is 44.6. The molecule has 1 aromatic heterocycles. The molecule has 3 heterocycles. The average Bonchev–Trinajstić information content (AvgIpc) is 3.07. The van der Waals surface area contributed by atoms with Crippen LogP contribution < -0.4 is 5.32 Å². The lowest BCUT2D eigenvalue weighted by molar-refractivity contribution is -0.0394. The van der Waals surface area contributed by atoms with Crippen LogP contribution in [0.1, 0.15) is 36.2 Å². The number of aromatic nitrogens is 2. The van der Waals surface area contributed by atoms with Crippen molar-refractivity contribution in [3.05, 3.63) is 52.4 Å². The maximum atomic E-state index is 15.0. The number of nitrogens with zero attached hydrogens (tertiary/aromatic N) is 5. The van der Waals surface area contributed by atoms with E-state index in [0.29, 0.717) is 5.69 Å². The van der Waals surface area contributed by atoms with Gasteiger partial charge in [0.1, 0.15) is 11.5 Å². The highest BCUT2D eigenvalue weighted by Crippen LogP contribution is 2.43. The number of aliphatic hydroxyl groups is 1. The van der Waals surface area contributed by atoms with E-state index in [0.717, 1.165) is 10.7 Å². The fourth-order valence-electron chi connectivity index (χ4n) is 4.16. The molecule has 0 fully saturated rings. The van der Waals surface area contributed by atoms with Crippen LogP contribution in [-0.2, 0) is 25.4 Å². The first kappa shape index (κ1) is 21.7. The number of carbonyl (C=O) groups is 1. The van der Waals surface area contributed by atoms with Crippen LogP contribution in [0.5, 0.6) is 0 Å². The minimum Gasteiger partial charge on any atom is -0.387 e. The second kappa shape index (κ2) is 7.84. The van der Waals surface area contributed by atoms with E-state index in [9.17, 15) is 14.3 Å². The molecule has 2 aliphatic rings. The maximum Gasteiger partial charge on any atom is 0.322 e. The quantitative estimate of drug-likeness (QED) is 0.691. The zero-order valence-corrected chi connectivity index (χ0v) is 16.9. The predicted molar refractivity (Wildman–Crippen MR) is 106 cm³/mol. The van der Waals surface area contributed by atoms with Crippen LogP contribution >= 0.6 is 0 Å². The molecule has 2 amide bonds. The number of amides is 2. The zero-order valence-electron chi connectivity index (χ0n) is 16.9. The van der Waals surface area contributed by atoms with E-state index in [-0.39, 0.29) is 61.5 Å². The first-order valence-electron chi connectivity index (χ1n) is 9.95. The molecule has 4 rings (SSSR count). The highest BCUT2D eigenvalue weighted by atomic mass is 19.3. The first-order chi connectivity index (χ1) is 15.2. The van der Waals surface area contributed by atoms with Gasteiger partial charge in [-0.1, -0.05) is 0 Å². The molecule has 0 radical (unpaired) electrons. The number of benzene rings is 1. The van der Waals surface area contributed by atoms with Crippen LogP contribution in [0.2, 0.25) is 0 Å². The van der Waals surface area contributed by atoms with Crippen LogP contribution in [0.25, 0.3) is 4.85 Å². The summed E-state index contributed by atoms with van der Waals surface area (Å²) in [5.41, 5.74) is -1.29. The molecule has 8 nitrogen and oxygen atoms in total. The largest absolute Gasteiger partial charge is 0.387 e. The van der Waals surface area contributed by atoms with Crippen molar-refractivity contribution in [2.24, 2.45) is 0 Å². The van der Waals surface area contributed by atoms with Gasteiger partial charge in [-0.15, -0.1) is 0 Å². The van der Waals surface area contributed by atoms with Crippen molar-refractivity contribution < 1.29 is 23.1 Å². The van der Waals surface area contributed by atoms with E-state index in [1.165, 1.54) is 17.0 Å². The highest BCUT2D eigenvalue weighted by molar-refractivity contribution is 5.90. The van der Waals surface area contributed by atoms with Crippen LogP contribution in [0.3, 0.4) is 0 Å². The molecule has 0 aliphatic carbocycles. The van der Waals surface area contributed by atoms with Crippen molar-refractivity contribution in [3.63, 3.8) is 0 Å². The standard InChI is InChI=1S/C21H19F3N6O2/c1-26-17-10-13(2-3-15(17)22)27-19(31)29-9-4-16-14(11-29)18-21(23,24)6-5-20(32,7-8-25)12-30(18)28-16/h2-3,10,32H,4-7,9,11-12H2,(H,27,31). The molecule has 2 aromatic rings. The van der Waals surface area contributed by atoms with E-state index < -0.39 is 29.8 Å². The normalized spacial score (nSPS) is 21.5. The molecule has 2 aliphatic heterocycles. The summed E-state index contributed by atoms with van der Waals surface area (Å²) in [4.78, 5) is 17.1. The van der Waals surface area contributed by atoms with Gasteiger partial charge in [0.15, 0.2) is 0 Å². The van der Waals surface area contributed by atoms with Gasteiger partial charge in [0, 0.05) is 30.6 Å². The second-order valence-electron chi connectivity index (χ2n) is 8.07. The van der Waals surface area contributed by atoms with Crippen LogP contribution in [0.4, 0.5) is 29.3 Å². The molecule has 0 spiro atoms. The number of nitrogens with one attached hydrogen (secondary N) is 1. The number of carbonyl (C=O) groups excluding carboxylic acids is 1. The number of fused-ring (bicyclic) bond motifs is 3. The topological polar surface area (TPSA) is 98.5 Å². The molecule has 32 heavy (non-hydrogen) atoms. The fourth-order valence-corrected chi connectivity index (χ4v) is 4.16.